The van der Waals surface area contributed by atoms with Gasteiger partial charge in [-0.3, -0.25) is 4.90 Å². The van der Waals surface area contributed by atoms with E-state index in [1.54, 1.807) is 11.2 Å². The Morgan fingerprint density at radius 2 is 1.92 bits per heavy atom. The van der Waals surface area contributed by atoms with Gasteiger partial charge in [0.1, 0.15) is 16.9 Å². The van der Waals surface area contributed by atoms with E-state index in [0.717, 1.165) is 29.6 Å². The zero-order valence-corrected chi connectivity index (χ0v) is 24.2. The molecule has 7 rings (SSSR count). The molecular formula is C30H36N6OS. The monoisotopic (exact) mass is 528 g/mol. The number of aromatic nitrogens is 5. The van der Waals surface area contributed by atoms with Crippen LogP contribution in [0.25, 0.3) is 27.1 Å². The van der Waals surface area contributed by atoms with Crippen molar-refractivity contribution in [3.05, 3.63) is 56.7 Å². The molecule has 5 aromatic rings. The molecule has 7 nitrogen and oxygen atoms in total. The first-order valence-corrected chi connectivity index (χ1v) is 14.6. The zero-order valence-electron chi connectivity index (χ0n) is 23.3. The molecule has 3 atom stereocenters. The summed E-state index contributed by atoms with van der Waals surface area (Å²) in [4.78, 5) is 13.9. The maximum atomic E-state index is 5.43. The Morgan fingerprint density at radius 1 is 1.11 bits per heavy atom. The van der Waals surface area contributed by atoms with Gasteiger partial charge in [0.2, 0.25) is 0 Å². The Kier molecular flexibility index (Phi) is 5.40. The second-order valence-electron chi connectivity index (χ2n) is 11.9. The Morgan fingerprint density at radius 3 is 2.61 bits per heavy atom. The fraction of sp³-hybridized carbons (Fsp3) is 0.500. The lowest BCUT2D eigenvalue weighted by atomic mass is 9.88. The fourth-order valence-corrected chi connectivity index (χ4v) is 8.77. The van der Waals surface area contributed by atoms with Gasteiger partial charge in [-0.25, -0.2) is 9.50 Å². The number of hydrogen-bond donors (Lipinski definition) is 1. The Balaban J connectivity index is 1.24. The summed E-state index contributed by atoms with van der Waals surface area (Å²) < 4.78 is 7.35. The highest BCUT2D eigenvalue weighted by Crippen LogP contribution is 2.53. The number of likely N-dealkylation sites (tertiary alicyclic amines) is 1. The molecule has 1 saturated heterocycles. The summed E-state index contributed by atoms with van der Waals surface area (Å²) in [5, 5.41) is 10.1. The predicted octanol–water partition coefficient (Wildman–Crippen LogP) is 6.97. The van der Waals surface area contributed by atoms with Gasteiger partial charge in [-0.15, -0.1) is 11.3 Å². The predicted molar refractivity (Wildman–Crippen MR) is 152 cm³/mol. The van der Waals surface area contributed by atoms with Crippen LogP contribution in [0.3, 0.4) is 0 Å². The number of piperidine rings is 1. The van der Waals surface area contributed by atoms with Crippen molar-refractivity contribution < 1.29 is 4.52 Å². The van der Waals surface area contributed by atoms with Gasteiger partial charge in [0.25, 0.3) is 0 Å². The number of rotatable bonds is 5. The number of thiophene rings is 1. The topological polar surface area (TPSA) is 75.2 Å². The summed E-state index contributed by atoms with van der Waals surface area (Å²) in [5.74, 6) is 2.77. The second kappa shape index (κ2) is 8.52. The molecule has 1 saturated carbocycles. The number of aromatic amines is 1. The summed E-state index contributed by atoms with van der Waals surface area (Å²) in [5.41, 5.74) is 11.1. The Labute approximate surface area is 227 Å². The van der Waals surface area contributed by atoms with Gasteiger partial charge in [0, 0.05) is 46.7 Å². The second-order valence-corrected chi connectivity index (χ2v) is 13.0. The summed E-state index contributed by atoms with van der Waals surface area (Å²) in [7, 11) is 0. The van der Waals surface area contributed by atoms with Crippen LogP contribution in [-0.2, 0) is 6.54 Å². The van der Waals surface area contributed by atoms with Crippen molar-refractivity contribution in [2.45, 2.75) is 85.7 Å². The molecule has 2 fully saturated rings. The van der Waals surface area contributed by atoms with Crippen LogP contribution in [0.5, 0.6) is 0 Å². The maximum absolute atomic E-state index is 5.43. The Hall–Kier alpha value is -2.97. The van der Waals surface area contributed by atoms with Gasteiger partial charge in [0.15, 0.2) is 5.65 Å². The number of H-pyrrole nitrogens is 1. The van der Waals surface area contributed by atoms with Crippen molar-refractivity contribution in [2.24, 2.45) is 5.92 Å². The quantitative estimate of drug-likeness (QED) is 0.267. The summed E-state index contributed by atoms with van der Waals surface area (Å²) >= 11 is 2.00. The highest BCUT2D eigenvalue weighted by atomic mass is 32.1. The van der Waals surface area contributed by atoms with Crippen LogP contribution < -0.4 is 0 Å². The maximum Gasteiger partial charge on any atom is 0.158 e. The SMILES string of the molecule is Cc1noc(C)c1CN1C[C@@H]2CC1C[C@H]2c1sc2[nH]c(-c3cn4ncnc4c(C)c3C)c(C(C)C)c2c1C. The molecule has 38 heavy (non-hydrogen) atoms. The molecule has 5 aromatic heterocycles. The Bertz CT molecular complexity index is 1680. The van der Waals surface area contributed by atoms with Gasteiger partial charge >= 0.3 is 0 Å². The number of fused-ring (bicyclic) bond motifs is 4. The van der Waals surface area contributed by atoms with Gasteiger partial charge in [-0.2, -0.15) is 5.10 Å². The van der Waals surface area contributed by atoms with Crippen molar-refractivity contribution >= 4 is 27.2 Å². The first kappa shape index (κ1) is 24.1. The van der Waals surface area contributed by atoms with Crippen LogP contribution in [0.15, 0.2) is 17.0 Å². The minimum absolute atomic E-state index is 0.414. The fourth-order valence-electron chi connectivity index (χ4n) is 7.34. The van der Waals surface area contributed by atoms with Gasteiger partial charge in [0.05, 0.1) is 11.4 Å². The molecule has 2 aliphatic rings. The summed E-state index contributed by atoms with van der Waals surface area (Å²) in [6.45, 7) is 17.6. The minimum atomic E-state index is 0.414. The van der Waals surface area contributed by atoms with Crippen LogP contribution in [0, 0.1) is 40.5 Å². The van der Waals surface area contributed by atoms with E-state index in [2.05, 4.69) is 72.9 Å². The molecule has 1 aliphatic heterocycles. The molecule has 0 aromatic carbocycles. The third-order valence-corrected chi connectivity index (χ3v) is 10.8. The molecular weight excluding hydrogens is 492 g/mol. The molecule has 8 heteroatoms. The number of aryl methyl sites for hydroxylation is 4. The average molecular weight is 529 g/mol. The third-order valence-electron chi connectivity index (χ3n) is 9.47. The van der Waals surface area contributed by atoms with Crippen molar-refractivity contribution in [1.29, 1.82) is 0 Å². The van der Waals surface area contributed by atoms with E-state index < -0.39 is 0 Å². The minimum Gasteiger partial charge on any atom is -0.361 e. The summed E-state index contributed by atoms with van der Waals surface area (Å²) in [6, 6.07) is 0.652. The average Bonchev–Trinajstić information content (AvgIpc) is 3.71. The van der Waals surface area contributed by atoms with E-state index in [9.17, 15) is 0 Å². The van der Waals surface area contributed by atoms with Crippen LogP contribution in [-0.4, -0.2) is 42.2 Å². The molecule has 1 aliphatic carbocycles. The van der Waals surface area contributed by atoms with Gasteiger partial charge in [-0.1, -0.05) is 19.0 Å². The zero-order chi connectivity index (χ0) is 26.5. The molecule has 0 spiro atoms. The molecule has 6 heterocycles. The number of nitrogens with one attached hydrogen (secondary N) is 1. The molecule has 0 radical (unpaired) electrons. The third kappa shape index (κ3) is 3.39. The number of pyridine rings is 1. The van der Waals surface area contributed by atoms with Crippen molar-refractivity contribution in [2.75, 3.05) is 6.54 Å². The van der Waals surface area contributed by atoms with Gasteiger partial charge in [-0.05, 0) is 87.5 Å². The lowest BCUT2D eigenvalue weighted by molar-refractivity contribution is 0.191. The molecule has 1 N–H and O–H groups in total. The summed E-state index contributed by atoms with van der Waals surface area (Å²) in [6.07, 6.45) is 6.34. The van der Waals surface area contributed by atoms with E-state index in [1.165, 1.54) is 68.7 Å². The van der Waals surface area contributed by atoms with Gasteiger partial charge < -0.3 is 9.51 Å². The van der Waals surface area contributed by atoms with Crippen molar-refractivity contribution in [1.82, 2.24) is 29.6 Å². The van der Waals surface area contributed by atoms with Crippen LogP contribution in [0.2, 0.25) is 0 Å². The lowest BCUT2D eigenvalue weighted by Crippen LogP contribution is -2.34. The lowest BCUT2D eigenvalue weighted by Gasteiger charge is -2.31. The first-order valence-electron chi connectivity index (χ1n) is 13.8. The first-order chi connectivity index (χ1) is 18.2. The van der Waals surface area contributed by atoms with E-state index in [-0.39, 0.29) is 0 Å². The van der Waals surface area contributed by atoms with Crippen LogP contribution in [0.1, 0.15) is 82.7 Å². The highest BCUT2D eigenvalue weighted by Gasteiger charge is 2.46. The van der Waals surface area contributed by atoms with Crippen molar-refractivity contribution in [3.63, 3.8) is 0 Å². The molecule has 1 unspecified atom stereocenters. The number of nitrogens with zero attached hydrogens (tertiary/aromatic N) is 5. The molecule has 2 bridgehead atoms. The van der Waals surface area contributed by atoms with E-state index in [0.29, 0.717) is 17.9 Å². The standard InChI is InChI=1S/C30H36N6OS/c1-14(2)25-26-17(5)28(22-9-21-8-20(22)10-35(21)11-24-18(6)34-37-19(24)7)38-30(26)33-27(25)23-12-36-29(31-13-32-36)16(4)15(23)3/h12-14,20-22,33H,8-11H2,1-7H3/t20-,21?,22+/m0/s1. The van der Waals surface area contributed by atoms with Crippen LogP contribution in [0.4, 0.5) is 0 Å². The normalized spacial score (nSPS) is 21.7. The highest BCUT2D eigenvalue weighted by molar-refractivity contribution is 7.19. The number of hydrogen-bond acceptors (Lipinski definition) is 6. The van der Waals surface area contributed by atoms with Crippen LogP contribution >= 0.6 is 11.3 Å². The smallest absolute Gasteiger partial charge is 0.158 e. The van der Waals surface area contributed by atoms with E-state index >= 15 is 0 Å². The largest absolute Gasteiger partial charge is 0.361 e. The van der Waals surface area contributed by atoms with E-state index in [1.807, 2.05) is 22.8 Å². The van der Waals surface area contributed by atoms with E-state index in [4.69, 9.17) is 4.52 Å². The molecule has 0 amide bonds. The molecule has 198 valence electrons. The van der Waals surface area contributed by atoms with Crippen molar-refractivity contribution in [3.8, 4) is 11.3 Å².